The first-order valence-electron chi connectivity index (χ1n) is 8.68. The van der Waals surface area contributed by atoms with Crippen LogP contribution in [-0.2, 0) is 13.0 Å². The Bertz CT molecular complexity index is 862. The number of aliphatic hydroxyl groups is 2. The number of rotatable bonds is 8. The molecule has 0 fully saturated rings. The van der Waals surface area contributed by atoms with Gasteiger partial charge in [0.05, 0.1) is 19.8 Å². The summed E-state index contributed by atoms with van der Waals surface area (Å²) in [5, 5.41) is 18.5. The first-order chi connectivity index (χ1) is 12.4. The molecule has 1 heterocycles. The Labute approximate surface area is 152 Å². The van der Waals surface area contributed by atoms with Crippen LogP contribution < -0.4 is 11.2 Å². The number of nitrogens with zero attached hydrogens (tertiary/aromatic N) is 1. The SMILES string of the molecule is C=C(Cn1c(=O)[nH]c(Cc2ccccc2)c(C(C)C)c1=O)C(CO)CO. The molecule has 0 saturated carbocycles. The van der Waals surface area contributed by atoms with Crippen molar-refractivity contribution in [3.8, 4) is 0 Å². The Morgan fingerprint density at radius 2 is 1.77 bits per heavy atom. The second-order valence-electron chi connectivity index (χ2n) is 6.75. The average Bonchev–Trinajstić information content (AvgIpc) is 2.60. The summed E-state index contributed by atoms with van der Waals surface area (Å²) in [6.07, 6.45) is 0.469. The van der Waals surface area contributed by atoms with Gasteiger partial charge in [0.1, 0.15) is 0 Å². The molecule has 0 aliphatic heterocycles. The van der Waals surface area contributed by atoms with Crippen LogP contribution in [0.1, 0.15) is 36.6 Å². The summed E-state index contributed by atoms with van der Waals surface area (Å²) >= 11 is 0. The van der Waals surface area contributed by atoms with Crippen LogP contribution in [0.4, 0.5) is 0 Å². The van der Waals surface area contributed by atoms with Crippen molar-refractivity contribution in [2.45, 2.75) is 32.7 Å². The number of nitrogens with one attached hydrogen (secondary N) is 1. The summed E-state index contributed by atoms with van der Waals surface area (Å²) < 4.78 is 1.09. The largest absolute Gasteiger partial charge is 0.396 e. The van der Waals surface area contributed by atoms with Crippen molar-refractivity contribution in [3.05, 3.63) is 80.1 Å². The van der Waals surface area contributed by atoms with Gasteiger partial charge in [-0.3, -0.25) is 9.36 Å². The van der Waals surface area contributed by atoms with E-state index in [1.807, 2.05) is 44.2 Å². The Morgan fingerprint density at radius 3 is 2.31 bits per heavy atom. The van der Waals surface area contributed by atoms with Gasteiger partial charge in [-0.05, 0) is 17.1 Å². The van der Waals surface area contributed by atoms with Crippen LogP contribution in [-0.4, -0.2) is 33.0 Å². The third-order valence-electron chi connectivity index (χ3n) is 4.48. The first kappa shape index (κ1) is 19.9. The molecule has 0 saturated heterocycles. The second kappa shape index (κ2) is 8.78. The number of aliphatic hydroxyl groups excluding tert-OH is 2. The predicted octanol–water partition coefficient (Wildman–Crippen LogP) is 1.41. The molecule has 3 N–H and O–H groups in total. The molecular weight excluding hydrogens is 332 g/mol. The lowest BCUT2D eigenvalue weighted by molar-refractivity contribution is 0.168. The molecule has 6 nitrogen and oxygen atoms in total. The van der Waals surface area contributed by atoms with Gasteiger partial charge in [-0.15, -0.1) is 0 Å². The molecular formula is C20H26N2O4. The minimum Gasteiger partial charge on any atom is -0.396 e. The highest BCUT2D eigenvalue weighted by atomic mass is 16.3. The zero-order chi connectivity index (χ0) is 19.3. The highest BCUT2D eigenvalue weighted by Crippen LogP contribution is 2.17. The summed E-state index contributed by atoms with van der Waals surface area (Å²) in [5.41, 5.74) is 1.75. The maximum absolute atomic E-state index is 13.0. The number of aromatic nitrogens is 2. The van der Waals surface area contributed by atoms with Crippen molar-refractivity contribution >= 4 is 0 Å². The standard InChI is InChI=1S/C20H26N2O4/c1-13(2)18-17(9-15-7-5-4-6-8-15)21-20(26)22(19(18)25)10-14(3)16(11-23)12-24/h4-8,13,16,23-24H,3,9-12H2,1-2H3,(H,21,26). The molecule has 26 heavy (non-hydrogen) atoms. The van der Waals surface area contributed by atoms with Crippen LogP contribution in [0.25, 0.3) is 0 Å². The summed E-state index contributed by atoms with van der Waals surface area (Å²) in [5.74, 6) is -0.628. The maximum Gasteiger partial charge on any atom is 0.328 e. The zero-order valence-electron chi connectivity index (χ0n) is 15.2. The van der Waals surface area contributed by atoms with Crippen molar-refractivity contribution < 1.29 is 10.2 Å². The Balaban J connectivity index is 2.47. The lowest BCUT2D eigenvalue weighted by Gasteiger charge is -2.18. The van der Waals surface area contributed by atoms with Gasteiger partial charge in [0.2, 0.25) is 0 Å². The molecule has 140 valence electrons. The van der Waals surface area contributed by atoms with Crippen LogP contribution in [0, 0.1) is 5.92 Å². The smallest absolute Gasteiger partial charge is 0.328 e. The van der Waals surface area contributed by atoms with Crippen molar-refractivity contribution in [1.82, 2.24) is 9.55 Å². The van der Waals surface area contributed by atoms with Crippen molar-refractivity contribution in [2.24, 2.45) is 5.92 Å². The summed E-state index contributed by atoms with van der Waals surface area (Å²) in [6, 6.07) is 9.64. The van der Waals surface area contributed by atoms with Gasteiger partial charge >= 0.3 is 5.69 Å². The molecule has 2 aromatic rings. The van der Waals surface area contributed by atoms with Gasteiger partial charge < -0.3 is 15.2 Å². The highest BCUT2D eigenvalue weighted by Gasteiger charge is 2.19. The number of aromatic amines is 1. The van der Waals surface area contributed by atoms with Crippen LogP contribution in [0.5, 0.6) is 0 Å². The van der Waals surface area contributed by atoms with Gasteiger partial charge in [0.25, 0.3) is 5.56 Å². The van der Waals surface area contributed by atoms with Crippen molar-refractivity contribution in [2.75, 3.05) is 13.2 Å². The Morgan fingerprint density at radius 1 is 1.15 bits per heavy atom. The molecule has 0 aliphatic carbocycles. The average molecular weight is 358 g/mol. The first-order valence-corrected chi connectivity index (χ1v) is 8.68. The van der Waals surface area contributed by atoms with E-state index in [-0.39, 0.29) is 31.2 Å². The molecule has 6 heteroatoms. The maximum atomic E-state index is 13.0. The number of hydrogen-bond donors (Lipinski definition) is 3. The molecule has 0 aliphatic rings. The van der Waals surface area contributed by atoms with E-state index in [4.69, 9.17) is 0 Å². The fourth-order valence-corrected chi connectivity index (χ4v) is 2.96. The molecule has 0 bridgehead atoms. The summed E-state index contributed by atoms with van der Waals surface area (Å²) in [4.78, 5) is 28.3. The topological polar surface area (TPSA) is 95.3 Å². The fraction of sp³-hybridized carbons (Fsp3) is 0.400. The molecule has 0 atom stereocenters. The van der Waals surface area contributed by atoms with E-state index in [0.717, 1.165) is 10.1 Å². The monoisotopic (exact) mass is 358 g/mol. The third kappa shape index (κ3) is 4.39. The van der Waals surface area contributed by atoms with E-state index < -0.39 is 11.6 Å². The van der Waals surface area contributed by atoms with Crippen LogP contribution in [0.3, 0.4) is 0 Å². The van der Waals surface area contributed by atoms with Crippen molar-refractivity contribution in [1.29, 1.82) is 0 Å². The number of benzene rings is 1. The van der Waals surface area contributed by atoms with Gasteiger partial charge in [-0.1, -0.05) is 50.8 Å². The number of hydrogen-bond acceptors (Lipinski definition) is 4. The van der Waals surface area contributed by atoms with E-state index in [0.29, 0.717) is 23.3 Å². The van der Waals surface area contributed by atoms with Gasteiger partial charge in [0.15, 0.2) is 0 Å². The molecule has 1 aromatic heterocycles. The van der Waals surface area contributed by atoms with E-state index >= 15 is 0 Å². The summed E-state index contributed by atoms with van der Waals surface area (Å²) in [7, 11) is 0. The van der Waals surface area contributed by atoms with E-state index in [2.05, 4.69) is 11.6 Å². The molecule has 0 radical (unpaired) electrons. The van der Waals surface area contributed by atoms with E-state index in [1.54, 1.807) is 0 Å². The molecule has 1 aromatic carbocycles. The van der Waals surface area contributed by atoms with Gasteiger partial charge in [-0.25, -0.2) is 4.79 Å². The molecule has 0 unspecified atom stereocenters. The molecule has 0 spiro atoms. The number of H-pyrrole nitrogens is 1. The van der Waals surface area contributed by atoms with Crippen LogP contribution in [0.2, 0.25) is 0 Å². The minimum absolute atomic E-state index is 0.0364. The quantitative estimate of drug-likeness (QED) is 0.622. The van der Waals surface area contributed by atoms with Gasteiger partial charge in [0, 0.05) is 23.6 Å². The van der Waals surface area contributed by atoms with E-state index in [9.17, 15) is 19.8 Å². The lowest BCUT2D eigenvalue weighted by atomic mass is 9.98. The summed E-state index contributed by atoms with van der Waals surface area (Å²) in [6.45, 7) is 7.02. The van der Waals surface area contributed by atoms with E-state index in [1.165, 1.54) is 0 Å². The molecule has 2 rings (SSSR count). The normalized spacial score (nSPS) is 11.3. The minimum atomic E-state index is -0.562. The Kier molecular flexibility index (Phi) is 6.71. The zero-order valence-corrected chi connectivity index (χ0v) is 15.2. The lowest BCUT2D eigenvalue weighted by Crippen LogP contribution is -2.40. The molecule has 0 amide bonds. The fourth-order valence-electron chi connectivity index (χ4n) is 2.96. The predicted molar refractivity (Wildman–Crippen MR) is 101 cm³/mol. The third-order valence-corrected chi connectivity index (χ3v) is 4.48. The highest BCUT2D eigenvalue weighted by molar-refractivity contribution is 5.28. The van der Waals surface area contributed by atoms with Crippen LogP contribution in [0.15, 0.2) is 52.1 Å². The second-order valence-corrected chi connectivity index (χ2v) is 6.75. The van der Waals surface area contributed by atoms with Crippen molar-refractivity contribution in [3.63, 3.8) is 0 Å². The Hall–Kier alpha value is -2.44. The van der Waals surface area contributed by atoms with Crippen LogP contribution >= 0.6 is 0 Å². The van der Waals surface area contributed by atoms with Gasteiger partial charge in [-0.2, -0.15) is 0 Å².